The first-order valence-electron chi connectivity index (χ1n) is 6.59. The molecule has 0 radical (unpaired) electrons. The molecule has 0 aromatic heterocycles. The first-order chi connectivity index (χ1) is 8.45. The molecule has 1 aliphatic carbocycles. The van der Waals surface area contributed by atoms with Crippen LogP contribution in [0.5, 0.6) is 0 Å². The van der Waals surface area contributed by atoms with E-state index in [4.69, 9.17) is 4.74 Å². The van der Waals surface area contributed by atoms with Crippen molar-refractivity contribution < 1.29 is 4.74 Å². The monoisotopic (exact) mass is 311 g/mol. The van der Waals surface area contributed by atoms with Crippen LogP contribution in [0.4, 0.5) is 5.69 Å². The molecule has 0 spiro atoms. The summed E-state index contributed by atoms with van der Waals surface area (Å²) < 4.78 is 6.92. The number of halogens is 1. The number of rotatable bonds is 4. The number of hydrogen-bond donors (Lipinski definition) is 1. The highest BCUT2D eigenvalue weighted by Gasteiger charge is 2.48. The molecule has 1 saturated carbocycles. The molecule has 2 rings (SSSR count). The van der Waals surface area contributed by atoms with Gasteiger partial charge < -0.3 is 10.1 Å². The highest BCUT2D eigenvalue weighted by atomic mass is 79.9. The molecule has 1 aromatic carbocycles. The maximum atomic E-state index is 5.76. The summed E-state index contributed by atoms with van der Waals surface area (Å²) in [5.41, 5.74) is 2.67. The zero-order chi connectivity index (χ0) is 13.3. The Morgan fingerprint density at radius 2 is 2.17 bits per heavy atom. The maximum Gasteiger partial charge on any atom is 0.0665 e. The van der Waals surface area contributed by atoms with E-state index in [1.54, 1.807) is 0 Å². The normalized spacial score (nSPS) is 25.6. The van der Waals surface area contributed by atoms with Crippen molar-refractivity contribution >= 4 is 21.6 Å². The lowest BCUT2D eigenvalue weighted by molar-refractivity contribution is -0.0975. The molecule has 1 fully saturated rings. The maximum absolute atomic E-state index is 5.76. The molecule has 0 heterocycles. The number of hydrogen-bond acceptors (Lipinski definition) is 2. The molecule has 0 amide bonds. The summed E-state index contributed by atoms with van der Waals surface area (Å²) >= 11 is 3.53. The minimum Gasteiger partial charge on any atom is -0.382 e. The fraction of sp³-hybridized carbons (Fsp3) is 0.600. The smallest absolute Gasteiger partial charge is 0.0665 e. The first kappa shape index (κ1) is 13.9. The lowest BCUT2D eigenvalue weighted by atomic mass is 9.64. The minimum atomic E-state index is 0.205. The second kappa shape index (κ2) is 5.22. The lowest BCUT2D eigenvalue weighted by Crippen LogP contribution is -2.58. The Morgan fingerprint density at radius 3 is 2.72 bits per heavy atom. The highest BCUT2D eigenvalue weighted by Crippen LogP contribution is 2.44. The van der Waals surface area contributed by atoms with Gasteiger partial charge in [0, 0.05) is 28.2 Å². The molecule has 3 heteroatoms. The van der Waals surface area contributed by atoms with Gasteiger partial charge in [0.15, 0.2) is 0 Å². The van der Waals surface area contributed by atoms with E-state index in [1.807, 2.05) is 0 Å². The second-order valence-corrected chi connectivity index (χ2v) is 6.52. The molecule has 1 aromatic rings. The van der Waals surface area contributed by atoms with E-state index < -0.39 is 0 Å². The zero-order valence-electron chi connectivity index (χ0n) is 11.6. The van der Waals surface area contributed by atoms with Crippen LogP contribution < -0.4 is 5.32 Å². The summed E-state index contributed by atoms with van der Waals surface area (Å²) in [7, 11) is 0. The van der Waals surface area contributed by atoms with Crippen LogP contribution in [0.15, 0.2) is 22.7 Å². The van der Waals surface area contributed by atoms with Gasteiger partial charge in [-0.2, -0.15) is 0 Å². The topological polar surface area (TPSA) is 21.3 Å². The van der Waals surface area contributed by atoms with Crippen LogP contribution in [0.25, 0.3) is 0 Å². The summed E-state index contributed by atoms with van der Waals surface area (Å²) in [6.07, 6.45) is 1.48. The third kappa shape index (κ3) is 2.57. The second-order valence-electron chi connectivity index (χ2n) is 5.66. The Hall–Kier alpha value is -0.540. The van der Waals surface area contributed by atoms with E-state index >= 15 is 0 Å². The van der Waals surface area contributed by atoms with E-state index in [0.29, 0.717) is 12.1 Å². The third-order valence-electron chi connectivity index (χ3n) is 4.04. The van der Waals surface area contributed by atoms with Gasteiger partial charge in [0.05, 0.1) is 6.10 Å². The molecule has 18 heavy (non-hydrogen) atoms. The van der Waals surface area contributed by atoms with E-state index in [-0.39, 0.29) is 5.41 Å². The molecule has 0 bridgehead atoms. The van der Waals surface area contributed by atoms with Gasteiger partial charge in [0.25, 0.3) is 0 Å². The largest absolute Gasteiger partial charge is 0.382 e. The molecule has 2 nitrogen and oxygen atoms in total. The summed E-state index contributed by atoms with van der Waals surface area (Å²) in [5, 5.41) is 3.62. The predicted molar refractivity (Wildman–Crippen MR) is 80.1 cm³/mol. The molecular weight excluding hydrogens is 290 g/mol. The van der Waals surface area contributed by atoms with Crippen molar-refractivity contribution in [3.05, 3.63) is 28.2 Å². The summed E-state index contributed by atoms with van der Waals surface area (Å²) in [6.45, 7) is 9.54. The number of ether oxygens (including phenoxy) is 1. The highest BCUT2D eigenvalue weighted by molar-refractivity contribution is 9.10. The van der Waals surface area contributed by atoms with Gasteiger partial charge in [0.1, 0.15) is 0 Å². The average Bonchev–Trinajstić information content (AvgIpc) is 2.32. The van der Waals surface area contributed by atoms with Crippen molar-refractivity contribution in [2.24, 2.45) is 5.41 Å². The predicted octanol–water partition coefficient (Wildman–Crippen LogP) is 4.37. The van der Waals surface area contributed by atoms with Crippen molar-refractivity contribution in [2.45, 2.75) is 46.3 Å². The molecule has 1 aliphatic rings. The first-order valence-corrected chi connectivity index (χ1v) is 7.38. The van der Waals surface area contributed by atoms with E-state index in [2.05, 4.69) is 67.1 Å². The van der Waals surface area contributed by atoms with Crippen LogP contribution in [-0.4, -0.2) is 18.8 Å². The Kier molecular flexibility index (Phi) is 4.02. The van der Waals surface area contributed by atoms with Crippen LogP contribution in [0.1, 0.15) is 32.8 Å². The molecule has 0 aliphatic heterocycles. The Bertz CT molecular complexity index is 431. The Labute approximate surface area is 118 Å². The van der Waals surface area contributed by atoms with Gasteiger partial charge in [-0.05, 0) is 44.0 Å². The molecule has 0 saturated heterocycles. The van der Waals surface area contributed by atoms with Crippen molar-refractivity contribution in [1.82, 2.24) is 0 Å². The Morgan fingerprint density at radius 1 is 1.44 bits per heavy atom. The number of aryl methyl sites for hydroxylation is 1. The van der Waals surface area contributed by atoms with Crippen LogP contribution in [-0.2, 0) is 4.74 Å². The van der Waals surface area contributed by atoms with Gasteiger partial charge in [-0.25, -0.2) is 0 Å². The summed E-state index contributed by atoms with van der Waals surface area (Å²) in [6, 6.07) is 6.91. The molecule has 2 atom stereocenters. The number of anilines is 1. The summed E-state index contributed by atoms with van der Waals surface area (Å²) in [4.78, 5) is 0. The zero-order valence-corrected chi connectivity index (χ0v) is 13.2. The van der Waals surface area contributed by atoms with Gasteiger partial charge in [-0.15, -0.1) is 0 Å². The van der Waals surface area contributed by atoms with Gasteiger partial charge in [-0.3, -0.25) is 0 Å². The van der Waals surface area contributed by atoms with E-state index in [1.165, 1.54) is 11.3 Å². The third-order valence-corrected chi connectivity index (χ3v) is 4.93. The van der Waals surface area contributed by atoms with Crippen molar-refractivity contribution in [3.63, 3.8) is 0 Å². The van der Waals surface area contributed by atoms with E-state index in [9.17, 15) is 0 Å². The minimum absolute atomic E-state index is 0.205. The quantitative estimate of drug-likeness (QED) is 0.891. The number of benzene rings is 1. The lowest BCUT2D eigenvalue weighted by Gasteiger charge is -2.52. The molecule has 100 valence electrons. The number of nitrogens with one attached hydrogen (secondary N) is 1. The standard InChI is InChI=1S/C15H22BrNO/c1-5-18-14-9-13(15(14,3)4)17-11-6-7-12(16)10(2)8-11/h6-8,13-14,17H,5,9H2,1-4H3. The molecule has 1 N–H and O–H groups in total. The van der Waals surface area contributed by atoms with E-state index in [0.717, 1.165) is 17.5 Å². The van der Waals surface area contributed by atoms with Crippen LogP contribution in [0, 0.1) is 12.3 Å². The fourth-order valence-corrected chi connectivity index (χ4v) is 2.80. The molecule has 2 unspecified atom stereocenters. The van der Waals surface area contributed by atoms with Crippen LogP contribution in [0.2, 0.25) is 0 Å². The van der Waals surface area contributed by atoms with Crippen molar-refractivity contribution in [2.75, 3.05) is 11.9 Å². The van der Waals surface area contributed by atoms with Crippen molar-refractivity contribution in [1.29, 1.82) is 0 Å². The summed E-state index contributed by atoms with van der Waals surface area (Å²) in [5.74, 6) is 0. The van der Waals surface area contributed by atoms with Crippen LogP contribution in [0.3, 0.4) is 0 Å². The fourth-order valence-electron chi connectivity index (χ4n) is 2.55. The Balaban J connectivity index is 2.01. The average molecular weight is 312 g/mol. The molecular formula is C15H22BrNO. The SMILES string of the molecule is CCOC1CC(Nc2ccc(Br)c(C)c2)C1(C)C. The van der Waals surface area contributed by atoms with Gasteiger partial charge in [0.2, 0.25) is 0 Å². The van der Waals surface area contributed by atoms with Crippen molar-refractivity contribution in [3.8, 4) is 0 Å². The van der Waals surface area contributed by atoms with Crippen LogP contribution >= 0.6 is 15.9 Å². The van der Waals surface area contributed by atoms with Gasteiger partial charge >= 0.3 is 0 Å². The van der Waals surface area contributed by atoms with Gasteiger partial charge in [-0.1, -0.05) is 29.8 Å².